The molecule has 1 fully saturated rings. The van der Waals surface area contributed by atoms with Crippen LogP contribution in [0.4, 0.5) is 0 Å². The molecule has 1 aliphatic heterocycles. The summed E-state index contributed by atoms with van der Waals surface area (Å²) < 4.78 is 10.8. The largest absolute Gasteiger partial charge is 0.376 e. The van der Waals surface area contributed by atoms with E-state index in [0.717, 1.165) is 25.0 Å². The zero-order valence-electron chi connectivity index (χ0n) is 13.9. The highest BCUT2D eigenvalue weighted by atomic mass is 16.5. The average Bonchev–Trinajstić information content (AvgIpc) is 3.27. The van der Waals surface area contributed by atoms with Gasteiger partial charge in [-0.15, -0.1) is 0 Å². The highest BCUT2D eigenvalue weighted by Crippen LogP contribution is 2.17. The first kappa shape index (κ1) is 16.6. The maximum atomic E-state index is 12.0. The van der Waals surface area contributed by atoms with Crippen molar-refractivity contribution in [2.24, 2.45) is 0 Å². The van der Waals surface area contributed by atoms with Gasteiger partial charge in [0.15, 0.2) is 0 Å². The number of aromatic nitrogens is 2. The monoisotopic (exact) mass is 329 g/mol. The standard InChI is InChI=1S/C18H23N3O3/c1-13(15-9-6-12-23-15)19-16(22)10-5-11-17-20-18(21-24-17)14-7-3-2-4-8-14/h2-4,7-8,13,15H,5-6,9-12H2,1H3,(H,19,22)/t13-,15-/m1/s1. The molecule has 2 atom stereocenters. The van der Waals surface area contributed by atoms with Crippen molar-refractivity contribution in [1.29, 1.82) is 0 Å². The minimum atomic E-state index is 0.0424. The van der Waals surface area contributed by atoms with Gasteiger partial charge in [0.1, 0.15) is 0 Å². The van der Waals surface area contributed by atoms with Crippen LogP contribution in [-0.2, 0) is 16.0 Å². The lowest BCUT2D eigenvalue weighted by molar-refractivity contribution is -0.122. The number of benzene rings is 1. The fourth-order valence-corrected chi connectivity index (χ4v) is 2.88. The van der Waals surface area contributed by atoms with Crippen LogP contribution in [0, 0.1) is 0 Å². The van der Waals surface area contributed by atoms with Gasteiger partial charge in [-0.1, -0.05) is 35.5 Å². The van der Waals surface area contributed by atoms with Crippen LogP contribution in [0.2, 0.25) is 0 Å². The highest BCUT2D eigenvalue weighted by molar-refractivity contribution is 5.76. The molecule has 2 heterocycles. The van der Waals surface area contributed by atoms with Crippen LogP contribution in [0.5, 0.6) is 0 Å². The van der Waals surface area contributed by atoms with Gasteiger partial charge in [-0.05, 0) is 26.2 Å². The Bertz CT molecular complexity index is 651. The van der Waals surface area contributed by atoms with Crippen molar-refractivity contribution in [2.45, 2.75) is 51.2 Å². The topological polar surface area (TPSA) is 77.3 Å². The predicted molar refractivity (Wildman–Crippen MR) is 89.3 cm³/mol. The van der Waals surface area contributed by atoms with Crippen LogP contribution in [0.25, 0.3) is 11.4 Å². The van der Waals surface area contributed by atoms with E-state index in [2.05, 4.69) is 15.5 Å². The third-order valence-electron chi connectivity index (χ3n) is 4.21. The summed E-state index contributed by atoms with van der Waals surface area (Å²) in [6.07, 6.45) is 3.97. The number of amides is 1. The zero-order chi connectivity index (χ0) is 16.8. The van der Waals surface area contributed by atoms with Crippen molar-refractivity contribution in [3.05, 3.63) is 36.2 Å². The molecule has 1 saturated heterocycles. The minimum Gasteiger partial charge on any atom is -0.376 e. The second-order valence-electron chi connectivity index (χ2n) is 6.14. The summed E-state index contributed by atoms with van der Waals surface area (Å²) in [5, 5.41) is 6.99. The number of hydrogen-bond donors (Lipinski definition) is 1. The molecule has 0 unspecified atom stereocenters. The van der Waals surface area contributed by atoms with Crippen molar-refractivity contribution in [3.63, 3.8) is 0 Å². The number of ether oxygens (including phenoxy) is 1. The first-order valence-electron chi connectivity index (χ1n) is 8.51. The van der Waals surface area contributed by atoms with E-state index in [-0.39, 0.29) is 18.1 Å². The number of nitrogens with zero attached hydrogens (tertiary/aromatic N) is 2. The third-order valence-corrected chi connectivity index (χ3v) is 4.21. The molecule has 2 aromatic rings. The molecule has 1 N–H and O–H groups in total. The fourth-order valence-electron chi connectivity index (χ4n) is 2.88. The van der Waals surface area contributed by atoms with Gasteiger partial charge in [-0.25, -0.2) is 0 Å². The van der Waals surface area contributed by atoms with Crippen molar-refractivity contribution in [1.82, 2.24) is 15.5 Å². The normalized spacial score (nSPS) is 18.5. The molecule has 1 aliphatic rings. The molecule has 0 spiro atoms. The van der Waals surface area contributed by atoms with Gasteiger partial charge in [-0.2, -0.15) is 4.98 Å². The first-order chi connectivity index (χ1) is 11.7. The van der Waals surface area contributed by atoms with Gasteiger partial charge in [-0.3, -0.25) is 4.79 Å². The molecular weight excluding hydrogens is 306 g/mol. The predicted octanol–water partition coefficient (Wildman–Crippen LogP) is 2.74. The number of hydrogen-bond acceptors (Lipinski definition) is 5. The summed E-state index contributed by atoms with van der Waals surface area (Å²) in [7, 11) is 0. The third kappa shape index (κ3) is 4.41. The van der Waals surface area contributed by atoms with E-state index in [1.54, 1.807) is 0 Å². The number of aryl methyl sites for hydroxylation is 1. The van der Waals surface area contributed by atoms with E-state index in [0.29, 0.717) is 31.0 Å². The molecule has 1 aromatic carbocycles. The lowest BCUT2D eigenvalue weighted by atomic mass is 10.1. The Morgan fingerprint density at radius 1 is 1.38 bits per heavy atom. The molecule has 0 aliphatic carbocycles. The Balaban J connectivity index is 1.41. The molecular formula is C18H23N3O3. The molecule has 24 heavy (non-hydrogen) atoms. The molecule has 6 nitrogen and oxygen atoms in total. The lowest BCUT2D eigenvalue weighted by Crippen LogP contribution is -2.40. The van der Waals surface area contributed by atoms with Crippen LogP contribution >= 0.6 is 0 Å². The Morgan fingerprint density at radius 3 is 2.96 bits per heavy atom. The Morgan fingerprint density at radius 2 is 2.21 bits per heavy atom. The van der Waals surface area contributed by atoms with Gasteiger partial charge in [0.25, 0.3) is 0 Å². The second kappa shape index (κ2) is 8.06. The Kier molecular flexibility index (Phi) is 5.59. The van der Waals surface area contributed by atoms with E-state index in [1.807, 2.05) is 37.3 Å². The van der Waals surface area contributed by atoms with E-state index in [9.17, 15) is 4.79 Å². The summed E-state index contributed by atoms with van der Waals surface area (Å²) in [6, 6.07) is 9.76. The van der Waals surface area contributed by atoms with Crippen molar-refractivity contribution in [2.75, 3.05) is 6.61 Å². The van der Waals surface area contributed by atoms with Crippen molar-refractivity contribution < 1.29 is 14.1 Å². The van der Waals surface area contributed by atoms with Crippen LogP contribution in [0.3, 0.4) is 0 Å². The summed E-state index contributed by atoms with van der Waals surface area (Å²) in [4.78, 5) is 16.4. The van der Waals surface area contributed by atoms with Gasteiger partial charge in [0.2, 0.25) is 17.6 Å². The second-order valence-corrected chi connectivity index (χ2v) is 6.14. The molecule has 6 heteroatoms. The fraction of sp³-hybridized carbons (Fsp3) is 0.500. The van der Waals surface area contributed by atoms with Crippen molar-refractivity contribution in [3.8, 4) is 11.4 Å². The average molecular weight is 329 g/mol. The smallest absolute Gasteiger partial charge is 0.226 e. The molecule has 0 radical (unpaired) electrons. The van der Waals surface area contributed by atoms with Crippen molar-refractivity contribution >= 4 is 5.91 Å². The van der Waals surface area contributed by atoms with E-state index in [4.69, 9.17) is 9.26 Å². The van der Waals surface area contributed by atoms with Crippen LogP contribution in [0.15, 0.2) is 34.9 Å². The van der Waals surface area contributed by atoms with E-state index in [1.165, 1.54) is 0 Å². The molecule has 128 valence electrons. The van der Waals surface area contributed by atoms with Crippen LogP contribution < -0.4 is 5.32 Å². The highest BCUT2D eigenvalue weighted by Gasteiger charge is 2.23. The molecule has 3 rings (SSSR count). The molecule has 1 amide bonds. The summed E-state index contributed by atoms with van der Waals surface area (Å²) >= 11 is 0. The number of carbonyl (C=O) groups excluding carboxylic acids is 1. The van der Waals surface area contributed by atoms with E-state index >= 15 is 0 Å². The first-order valence-corrected chi connectivity index (χ1v) is 8.51. The van der Waals surface area contributed by atoms with Gasteiger partial charge < -0.3 is 14.6 Å². The SMILES string of the molecule is C[C@@H](NC(=O)CCCc1nc(-c2ccccc2)no1)[C@H]1CCCO1. The van der Waals surface area contributed by atoms with Gasteiger partial charge in [0, 0.05) is 25.0 Å². The summed E-state index contributed by atoms with van der Waals surface area (Å²) in [5.74, 6) is 1.19. The van der Waals surface area contributed by atoms with Gasteiger partial charge in [0.05, 0.1) is 12.1 Å². The molecule has 0 bridgehead atoms. The number of rotatable bonds is 7. The number of nitrogens with one attached hydrogen (secondary N) is 1. The van der Waals surface area contributed by atoms with Crippen LogP contribution in [-0.4, -0.2) is 34.8 Å². The number of carbonyl (C=O) groups is 1. The molecule has 0 saturated carbocycles. The lowest BCUT2D eigenvalue weighted by Gasteiger charge is -2.19. The Hall–Kier alpha value is -2.21. The van der Waals surface area contributed by atoms with Crippen LogP contribution in [0.1, 0.15) is 38.5 Å². The molecule has 1 aromatic heterocycles. The van der Waals surface area contributed by atoms with Gasteiger partial charge >= 0.3 is 0 Å². The summed E-state index contributed by atoms with van der Waals surface area (Å²) in [5.41, 5.74) is 0.927. The zero-order valence-corrected chi connectivity index (χ0v) is 13.9. The quantitative estimate of drug-likeness (QED) is 0.845. The maximum Gasteiger partial charge on any atom is 0.226 e. The summed E-state index contributed by atoms with van der Waals surface area (Å²) in [6.45, 7) is 2.80. The maximum absolute atomic E-state index is 12.0. The van der Waals surface area contributed by atoms with E-state index < -0.39 is 0 Å². The Labute approximate surface area is 141 Å². The minimum absolute atomic E-state index is 0.0424.